The number of carbonyl (C=O) groups is 2. The third-order valence-corrected chi connectivity index (χ3v) is 4.19. The molecule has 0 aliphatic carbocycles. The van der Waals surface area contributed by atoms with Crippen molar-refractivity contribution < 1.29 is 24.0 Å². The summed E-state index contributed by atoms with van der Waals surface area (Å²) in [4.78, 5) is 40.2. The molecule has 0 spiro atoms. The third-order valence-electron chi connectivity index (χ3n) is 4.19. The molecule has 0 radical (unpaired) electrons. The summed E-state index contributed by atoms with van der Waals surface area (Å²) in [5, 5.41) is 14.5. The lowest BCUT2D eigenvalue weighted by molar-refractivity contribution is -0.390. The number of esters is 2. The molecular weight excluding hydrogens is 368 g/mol. The lowest BCUT2D eigenvalue weighted by atomic mass is 9.82. The van der Waals surface area contributed by atoms with Crippen LogP contribution in [0, 0.1) is 10.1 Å². The highest BCUT2D eigenvalue weighted by Gasteiger charge is 2.44. The van der Waals surface area contributed by atoms with Crippen molar-refractivity contribution in [3.8, 4) is 0 Å². The average Bonchev–Trinajstić information content (AvgIpc) is 2.93. The van der Waals surface area contributed by atoms with Crippen LogP contribution in [0.3, 0.4) is 0 Å². The number of rotatable bonds is 4. The summed E-state index contributed by atoms with van der Waals surface area (Å²) < 4.78 is 11.8. The standard InChI is InChI=1S/C18H24N4O6/c1-9-11(16(23)27-7)13(14-15(22(25)26)19-8-21(14)6)12(10(2)20-9)17(24)28-18(3,4)5/h8,13,20H,1-7H3. The summed E-state index contributed by atoms with van der Waals surface area (Å²) in [6.07, 6.45) is 1.27. The van der Waals surface area contributed by atoms with Crippen molar-refractivity contribution >= 4 is 17.8 Å². The Morgan fingerprint density at radius 2 is 1.75 bits per heavy atom. The fourth-order valence-electron chi connectivity index (χ4n) is 3.15. The molecule has 0 aromatic carbocycles. The second-order valence-electron chi connectivity index (χ2n) is 7.45. The number of hydrogen-bond donors (Lipinski definition) is 1. The number of aromatic nitrogens is 2. The van der Waals surface area contributed by atoms with Crippen LogP contribution in [0.25, 0.3) is 0 Å². The monoisotopic (exact) mass is 392 g/mol. The first kappa shape index (κ1) is 21.1. The van der Waals surface area contributed by atoms with Crippen LogP contribution in [0.1, 0.15) is 46.2 Å². The van der Waals surface area contributed by atoms with Crippen molar-refractivity contribution in [2.75, 3.05) is 7.11 Å². The molecule has 28 heavy (non-hydrogen) atoms. The molecule has 2 heterocycles. The molecule has 1 aromatic rings. The van der Waals surface area contributed by atoms with Crippen molar-refractivity contribution in [2.24, 2.45) is 7.05 Å². The predicted octanol–water partition coefficient (Wildman–Crippen LogP) is 2.08. The Morgan fingerprint density at radius 3 is 2.21 bits per heavy atom. The second kappa shape index (κ2) is 7.45. The summed E-state index contributed by atoms with van der Waals surface area (Å²) in [7, 11) is 2.76. The van der Waals surface area contributed by atoms with Gasteiger partial charge in [0.15, 0.2) is 0 Å². The van der Waals surface area contributed by atoms with Gasteiger partial charge >= 0.3 is 17.8 Å². The Hall–Kier alpha value is -3.17. The number of ether oxygens (including phenoxy) is 2. The molecule has 1 atom stereocenters. The van der Waals surface area contributed by atoms with Crippen molar-refractivity contribution in [1.29, 1.82) is 0 Å². The highest BCUT2D eigenvalue weighted by Crippen LogP contribution is 2.42. The van der Waals surface area contributed by atoms with Gasteiger partial charge in [0.1, 0.15) is 11.3 Å². The van der Waals surface area contributed by atoms with Gasteiger partial charge in [0.05, 0.1) is 24.2 Å². The number of nitrogens with zero attached hydrogens (tertiary/aromatic N) is 3. The number of imidazole rings is 1. The molecule has 152 valence electrons. The minimum atomic E-state index is -1.07. The lowest BCUT2D eigenvalue weighted by Gasteiger charge is -2.31. The molecule has 0 saturated heterocycles. The Bertz CT molecular complexity index is 904. The van der Waals surface area contributed by atoms with Crippen LogP contribution >= 0.6 is 0 Å². The summed E-state index contributed by atoms with van der Waals surface area (Å²) in [5.41, 5.74) is 0.325. The smallest absolute Gasteiger partial charge is 0.385 e. The molecule has 0 saturated carbocycles. The predicted molar refractivity (Wildman–Crippen MR) is 99.0 cm³/mol. The fourth-order valence-corrected chi connectivity index (χ4v) is 3.15. The van der Waals surface area contributed by atoms with E-state index in [0.717, 1.165) is 0 Å². The van der Waals surface area contributed by atoms with Crippen LogP contribution in [0.15, 0.2) is 28.9 Å². The van der Waals surface area contributed by atoms with E-state index in [2.05, 4.69) is 10.3 Å². The number of dihydropyridines is 1. The Morgan fingerprint density at radius 1 is 1.21 bits per heavy atom. The highest BCUT2D eigenvalue weighted by molar-refractivity contribution is 6.00. The summed E-state index contributed by atoms with van der Waals surface area (Å²) in [6.45, 7) is 8.41. The normalized spacial score (nSPS) is 17.3. The molecule has 1 aliphatic heterocycles. The number of aryl methyl sites for hydroxylation is 1. The van der Waals surface area contributed by atoms with Gasteiger partial charge < -0.3 is 29.5 Å². The maximum absolute atomic E-state index is 13.0. The van der Waals surface area contributed by atoms with Crippen molar-refractivity contribution in [3.63, 3.8) is 0 Å². The van der Waals surface area contributed by atoms with E-state index in [-0.39, 0.29) is 16.8 Å². The molecule has 1 aromatic heterocycles. The molecular formula is C18H24N4O6. The highest BCUT2D eigenvalue weighted by atomic mass is 16.6. The van der Waals surface area contributed by atoms with Crippen LogP contribution in [-0.4, -0.2) is 39.1 Å². The van der Waals surface area contributed by atoms with Gasteiger partial charge in [0, 0.05) is 18.4 Å². The maximum atomic E-state index is 13.0. The van der Waals surface area contributed by atoms with Gasteiger partial charge in [0.2, 0.25) is 6.33 Å². The number of hydrogen-bond acceptors (Lipinski definition) is 8. The molecule has 10 heteroatoms. The molecule has 10 nitrogen and oxygen atoms in total. The zero-order chi connectivity index (χ0) is 21.4. The first-order chi connectivity index (χ1) is 12.9. The lowest BCUT2D eigenvalue weighted by Crippen LogP contribution is -2.35. The van der Waals surface area contributed by atoms with Gasteiger partial charge in [-0.15, -0.1) is 0 Å². The average molecular weight is 392 g/mol. The van der Waals surface area contributed by atoms with E-state index in [4.69, 9.17) is 9.47 Å². The van der Waals surface area contributed by atoms with Gasteiger partial charge in [-0.1, -0.05) is 0 Å². The molecule has 1 N–H and O–H groups in total. The van der Waals surface area contributed by atoms with Crippen LogP contribution in [-0.2, 0) is 26.1 Å². The van der Waals surface area contributed by atoms with E-state index >= 15 is 0 Å². The van der Waals surface area contributed by atoms with Crippen molar-refractivity contribution in [1.82, 2.24) is 14.9 Å². The minimum absolute atomic E-state index is 0.0839. The second-order valence-corrected chi connectivity index (χ2v) is 7.45. The zero-order valence-electron chi connectivity index (χ0n) is 16.9. The third kappa shape index (κ3) is 3.90. The van der Waals surface area contributed by atoms with Crippen molar-refractivity contribution in [3.05, 3.63) is 44.7 Å². The van der Waals surface area contributed by atoms with Crippen LogP contribution in [0.2, 0.25) is 0 Å². The first-order valence-corrected chi connectivity index (χ1v) is 8.54. The van der Waals surface area contributed by atoms with Crippen molar-refractivity contribution in [2.45, 2.75) is 46.1 Å². The van der Waals surface area contributed by atoms with Gasteiger partial charge in [-0.2, -0.15) is 0 Å². The molecule has 0 fully saturated rings. The number of nitro groups is 1. The molecule has 1 unspecified atom stereocenters. The summed E-state index contributed by atoms with van der Waals surface area (Å²) >= 11 is 0. The van der Waals surface area contributed by atoms with E-state index in [1.54, 1.807) is 41.7 Å². The largest absolute Gasteiger partial charge is 0.466 e. The van der Waals surface area contributed by atoms with E-state index in [1.807, 2.05) is 0 Å². The fraction of sp³-hybridized carbons (Fsp3) is 0.500. The van der Waals surface area contributed by atoms with Crippen LogP contribution in [0.4, 0.5) is 5.82 Å². The summed E-state index contributed by atoms with van der Waals surface area (Å²) in [5.74, 6) is -2.92. The zero-order valence-corrected chi connectivity index (χ0v) is 16.9. The summed E-state index contributed by atoms with van der Waals surface area (Å²) in [6, 6.07) is 0. The number of carbonyl (C=O) groups excluding carboxylic acids is 2. The molecule has 0 amide bonds. The van der Waals surface area contributed by atoms with Gasteiger partial charge in [-0.3, -0.25) is 0 Å². The van der Waals surface area contributed by atoms with Gasteiger partial charge in [-0.05, 0) is 44.5 Å². The van der Waals surface area contributed by atoms with E-state index < -0.39 is 34.2 Å². The van der Waals surface area contributed by atoms with Crippen LogP contribution < -0.4 is 5.32 Å². The maximum Gasteiger partial charge on any atom is 0.385 e. The minimum Gasteiger partial charge on any atom is -0.466 e. The Kier molecular flexibility index (Phi) is 5.62. The van der Waals surface area contributed by atoms with Gasteiger partial charge in [-0.25, -0.2) is 9.59 Å². The SMILES string of the molecule is COC(=O)C1=C(C)NC(C)=C(C(=O)OC(C)(C)C)C1c1c([N+](=O)[O-])ncn1C. The Labute approximate surface area is 162 Å². The van der Waals surface area contributed by atoms with E-state index in [1.165, 1.54) is 18.0 Å². The molecule has 1 aliphatic rings. The number of nitrogens with one attached hydrogen (secondary N) is 1. The van der Waals surface area contributed by atoms with E-state index in [9.17, 15) is 19.7 Å². The molecule has 0 bridgehead atoms. The van der Waals surface area contributed by atoms with E-state index in [0.29, 0.717) is 11.4 Å². The van der Waals surface area contributed by atoms with Crippen LogP contribution in [0.5, 0.6) is 0 Å². The molecule has 2 rings (SSSR count). The number of methoxy groups -OCH3 is 1. The Balaban J connectivity index is 2.78. The topological polar surface area (TPSA) is 126 Å². The first-order valence-electron chi connectivity index (χ1n) is 8.54. The number of allylic oxidation sites excluding steroid dienone is 2. The van der Waals surface area contributed by atoms with Gasteiger partial charge in [0.25, 0.3) is 0 Å². The quantitative estimate of drug-likeness (QED) is 0.469.